The number of carbonyl (C=O) groups excluding carboxylic acids is 1. The van der Waals surface area contributed by atoms with Crippen molar-refractivity contribution in [1.29, 1.82) is 0 Å². The summed E-state index contributed by atoms with van der Waals surface area (Å²) in [7, 11) is 0. The average molecular weight is 230 g/mol. The molecule has 1 N–H and O–H groups in total. The lowest BCUT2D eigenvalue weighted by molar-refractivity contribution is -0.122. The predicted molar refractivity (Wildman–Crippen MR) is 64.3 cm³/mol. The zero-order valence-corrected chi connectivity index (χ0v) is 9.41. The fourth-order valence-corrected chi connectivity index (χ4v) is 1.96. The second kappa shape index (κ2) is 5.37. The summed E-state index contributed by atoms with van der Waals surface area (Å²) in [4.78, 5) is 14.3. The van der Waals surface area contributed by atoms with E-state index in [4.69, 9.17) is 5.53 Å². The molecule has 1 aliphatic rings. The smallest absolute Gasteiger partial charge is 0.223 e. The van der Waals surface area contributed by atoms with Crippen LogP contribution in [0.2, 0.25) is 0 Å². The standard InChI is InChI=1S/C12H14N4O/c13-16-15-7-6-14-12(17)11-8-10(11)9-4-2-1-3-5-9/h1-5,10-11H,6-8H2,(H,14,17). The van der Waals surface area contributed by atoms with Gasteiger partial charge in [0.25, 0.3) is 0 Å². The van der Waals surface area contributed by atoms with Crippen molar-refractivity contribution in [3.8, 4) is 0 Å². The Morgan fingerprint density at radius 2 is 2.24 bits per heavy atom. The molecule has 88 valence electrons. The summed E-state index contributed by atoms with van der Waals surface area (Å²) >= 11 is 0. The van der Waals surface area contributed by atoms with Crippen LogP contribution in [0.4, 0.5) is 0 Å². The molecule has 1 amide bonds. The van der Waals surface area contributed by atoms with Crippen molar-refractivity contribution in [3.05, 3.63) is 46.3 Å². The number of benzene rings is 1. The Balaban J connectivity index is 1.78. The van der Waals surface area contributed by atoms with Crippen molar-refractivity contribution in [3.63, 3.8) is 0 Å². The molecule has 1 saturated carbocycles. The Bertz CT molecular complexity index is 439. The molecule has 0 aromatic heterocycles. The molecule has 2 unspecified atom stereocenters. The predicted octanol–water partition coefficient (Wildman–Crippen LogP) is 2.22. The molecule has 0 heterocycles. The second-order valence-corrected chi connectivity index (χ2v) is 4.10. The zero-order chi connectivity index (χ0) is 12.1. The molecule has 5 nitrogen and oxygen atoms in total. The van der Waals surface area contributed by atoms with Crippen LogP contribution >= 0.6 is 0 Å². The van der Waals surface area contributed by atoms with Gasteiger partial charge >= 0.3 is 0 Å². The fourth-order valence-electron chi connectivity index (χ4n) is 1.96. The third kappa shape index (κ3) is 2.98. The first-order valence-electron chi connectivity index (χ1n) is 5.66. The van der Waals surface area contributed by atoms with E-state index < -0.39 is 0 Å². The molecule has 2 atom stereocenters. The van der Waals surface area contributed by atoms with E-state index in [2.05, 4.69) is 27.5 Å². The largest absolute Gasteiger partial charge is 0.356 e. The van der Waals surface area contributed by atoms with E-state index in [1.807, 2.05) is 18.2 Å². The van der Waals surface area contributed by atoms with Gasteiger partial charge in [0.05, 0.1) is 0 Å². The number of hydrogen-bond donors (Lipinski definition) is 1. The van der Waals surface area contributed by atoms with Crippen LogP contribution in [0.5, 0.6) is 0 Å². The van der Waals surface area contributed by atoms with Gasteiger partial charge in [0.2, 0.25) is 5.91 Å². The SMILES string of the molecule is [N-]=[N+]=NCCNC(=O)C1CC1c1ccccc1. The lowest BCUT2D eigenvalue weighted by Gasteiger charge is -2.02. The van der Waals surface area contributed by atoms with E-state index in [0.29, 0.717) is 19.0 Å². The molecule has 0 aliphatic heterocycles. The van der Waals surface area contributed by atoms with Crippen molar-refractivity contribution >= 4 is 5.91 Å². The Kier molecular flexibility index (Phi) is 3.62. The van der Waals surface area contributed by atoms with E-state index in [1.165, 1.54) is 5.56 Å². The van der Waals surface area contributed by atoms with Crippen LogP contribution in [0.15, 0.2) is 35.4 Å². The highest BCUT2D eigenvalue weighted by Crippen LogP contribution is 2.47. The lowest BCUT2D eigenvalue weighted by atomic mass is 10.1. The highest BCUT2D eigenvalue weighted by Gasteiger charge is 2.43. The van der Waals surface area contributed by atoms with E-state index >= 15 is 0 Å². The van der Waals surface area contributed by atoms with Crippen LogP contribution in [0.25, 0.3) is 10.4 Å². The molecule has 1 aliphatic carbocycles. The first-order valence-corrected chi connectivity index (χ1v) is 5.66. The first-order chi connectivity index (χ1) is 8.33. The van der Waals surface area contributed by atoms with Gasteiger partial charge in [-0.05, 0) is 23.4 Å². The van der Waals surface area contributed by atoms with Gasteiger partial charge in [0, 0.05) is 23.9 Å². The summed E-state index contributed by atoms with van der Waals surface area (Å²) in [6.07, 6.45) is 0.914. The van der Waals surface area contributed by atoms with Crippen molar-refractivity contribution in [2.75, 3.05) is 13.1 Å². The quantitative estimate of drug-likeness (QED) is 0.358. The van der Waals surface area contributed by atoms with Crippen molar-refractivity contribution in [2.45, 2.75) is 12.3 Å². The number of hydrogen-bond acceptors (Lipinski definition) is 2. The minimum atomic E-state index is 0.0620. The van der Waals surface area contributed by atoms with Crippen LogP contribution in [0.3, 0.4) is 0 Å². The molecule has 2 rings (SSSR count). The number of rotatable bonds is 5. The van der Waals surface area contributed by atoms with Crippen LogP contribution in [-0.2, 0) is 4.79 Å². The van der Waals surface area contributed by atoms with E-state index in [1.54, 1.807) is 0 Å². The Labute approximate surface area is 99.5 Å². The minimum Gasteiger partial charge on any atom is -0.356 e. The summed E-state index contributed by atoms with van der Waals surface area (Å²) < 4.78 is 0. The first kappa shape index (κ1) is 11.5. The Hall–Kier alpha value is -2.00. The molecule has 17 heavy (non-hydrogen) atoms. The zero-order valence-electron chi connectivity index (χ0n) is 9.41. The van der Waals surface area contributed by atoms with Crippen LogP contribution in [0.1, 0.15) is 17.9 Å². The fraction of sp³-hybridized carbons (Fsp3) is 0.417. The monoisotopic (exact) mass is 230 g/mol. The van der Waals surface area contributed by atoms with Gasteiger partial charge in [0.1, 0.15) is 0 Å². The van der Waals surface area contributed by atoms with Gasteiger partial charge in [-0.25, -0.2) is 0 Å². The summed E-state index contributed by atoms with van der Waals surface area (Å²) in [6, 6.07) is 10.1. The van der Waals surface area contributed by atoms with Crippen molar-refractivity contribution in [2.24, 2.45) is 11.0 Å². The lowest BCUT2D eigenvalue weighted by Crippen LogP contribution is -2.27. The van der Waals surface area contributed by atoms with Crippen molar-refractivity contribution in [1.82, 2.24) is 5.32 Å². The maximum atomic E-state index is 11.7. The van der Waals surface area contributed by atoms with Crippen LogP contribution in [0, 0.1) is 5.92 Å². The Morgan fingerprint density at radius 1 is 1.47 bits per heavy atom. The highest BCUT2D eigenvalue weighted by atomic mass is 16.2. The maximum Gasteiger partial charge on any atom is 0.223 e. The minimum absolute atomic E-state index is 0.0620. The van der Waals surface area contributed by atoms with E-state index in [-0.39, 0.29) is 11.8 Å². The molecule has 1 aromatic rings. The third-order valence-electron chi connectivity index (χ3n) is 2.93. The van der Waals surface area contributed by atoms with Crippen LogP contribution in [-0.4, -0.2) is 19.0 Å². The number of azide groups is 1. The van der Waals surface area contributed by atoms with E-state index in [9.17, 15) is 4.79 Å². The topological polar surface area (TPSA) is 77.9 Å². The van der Waals surface area contributed by atoms with Gasteiger partial charge < -0.3 is 5.32 Å². The van der Waals surface area contributed by atoms with Gasteiger partial charge in [-0.15, -0.1) is 0 Å². The summed E-state index contributed by atoms with van der Waals surface area (Å²) in [5.74, 6) is 0.506. The normalized spacial score (nSPS) is 21.4. The molecular weight excluding hydrogens is 216 g/mol. The van der Waals surface area contributed by atoms with Gasteiger partial charge in [0.15, 0.2) is 0 Å². The molecule has 0 spiro atoms. The molecule has 0 bridgehead atoms. The number of amides is 1. The Morgan fingerprint density at radius 3 is 2.94 bits per heavy atom. The number of nitrogens with one attached hydrogen (secondary N) is 1. The maximum absolute atomic E-state index is 11.7. The number of nitrogens with zero attached hydrogens (tertiary/aromatic N) is 3. The van der Waals surface area contributed by atoms with Gasteiger partial charge in [-0.2, -0.15) is 0 Å². The van der Waals surface area contributed by atoms with Crippen LogP contribution < -0.4 is 5.32 Å². The molecule has 1 fully saturated rings. The summed E-state index contributed by atoms with van der Waals surface area (Å²) in [6.45, 7) is 0.728. The van der Waals surface area contributed by atoms with Gasteiger partial charge in [-0.3, -0.25) is 4.79 Å². The molecule has 1 aromatic carbocycles. The third-order valence-corrected chi connectivity index (χ3v) is 2.93. The number of carbonyl (C=O) groups is 1. The molecule has 5 heteroatoms. The summed E-state index contributed by atoms with van der Waals surface area (Å²) in [5, 5.41) is 6.14. The average Bonchev–Trinajstić information content (AvgIpc) is 3.16. The van der Waals surface area contributed by atoms with E-state index in [0.717, 1.165) is 6.42 Å². The molecule has 0 saturated heterocycles. The molecular formula is C12H14N4O. The highest BCUT2D eigenvalue weighted by molar-refractivity contribution is 5.82. The summed E-state index contributed by atoms with van der Waals surface area (Å²) in [5.41, 5.74) is 9.31. The molecule has 0 radical (unpaired) electrons. The van der Waals surface area contributed by atoms with Crippen molar-refractivity contribution < 1.29 is 4.79 Å². The second-order valence-electron chi connectivity index (χ2n) is 4.10. The van der Waals surface area contributed by atoms with Gasteiger partial charge in [-0.1, -0.05) is 35.4 Å².